The van der Waals surface area contributed by atoms with E-state index in [9.17, 15) is 15.0 Å². The van der Waals surface area contributed by atoms with Gasteiger partial charge in [-0.2, -0.15) is 0 Å². The van der Waals surface area contributed by atoms with Gasteiger partial charge in [0.1, 0.15) is 11.5 Å². The fourth-order valence-electron chi connectivity index (χ4n) is 2.08. The van der Waals surface area contributed by atoms with Gasteiger partial charge < -0.3 is 10.2 Å². The Labute approximate surface area is 115 Å². The molecule has 3 heteroatoms. The summed E-state index contributed by atoms with van der Waals surface area (Å²) in [6.45, 7) is 4.13. The largest absolute Gasteiger partial charge is 0.508 e. The molecule has 0 amide bonds. The maximum absolute atomic E-state index is 11.9. The van der Waals surface area contributed by atoms with Crippen molar-refractivity contribution in [2.75, 3.05) is 0 Å². The smallest absolute Gasteiger partial charge is 0.166 e. The minimum absolute atomic E-state index is 0.00889. The molecule has 0 bridgehead atoms. The van der Waals surface area contributed by atoms with Crippen LogP contribution in [-0.2, 0) is 6.42 Å². The van der Waals surface area contributed by atoms with Crippen LogP contribution < -0.4 is 0 Å². The van der Waals surface area contributed by atoms with Crippen molar-refractivity contribution in [1.29, 1.82) is 0 Å². The van der Waals surface area contributed by atoms with Crippen molar-refractivity contribution in [2.45, 2.75) is 58.8 Å². The summed E-state index contributed by atoms with van der Waals surface area (Å²) in [5.74, 6) is 0.00825. The van der Waals surface area contributed by atoms with Crippen LogP contribution in [0.4, 0.5) is 0 Å². The molecule has 0 aliphatic carbocycles. The van der Waals surface area contributed by atoms with Crippen molar-refractivity contribution >= 4 is 5.78 Å². The summed E-state index contributed by atoms with van der Waals surface area (Å²) in [7, 11) is 0. The Balaban J connectivity index is 2.81. The van der Waals surface area contributed by atoms with E-state index in [0.29, 0.717) is 6.42 Å². The van der Waals surface area contributed by atoms with Gasteiger partial charge in [0.15, 0.2) is 5.78 Å². The molecule has 1 aromatic carbocycles. The van der Waals surface area contributed by atoms with Crippen LogP contribution in [-0.4, -0.2) is 16.0 Å². The molecule has 106 valence electrons. The minimum atomic E-state index is -0.102. The molecule has 0 aromatic heterocycles. The number of hydrogen-bond acceptors (Lipinski definition) is 3. The number of rotatable bonds is 8. The van der Waals surface area contributed by atoms with Crippen LogP contribution in [0.3, 0.4) is 0 Å². The number of phenolic OH excluding ortho intramolecular Hbond substituents is 2. The van der Waals surface area contributed by atoms with Crippen LogP contribution in [0.25, 0.3) is 0 Å². The van der Waals surface area contributed by atoms with E-state index in [1.54, 1.807) is 0 Å². The molecule has 0 fully saturated rings. The van der Waals surface area contributed by atoms with Gasteiger partial charge >= 0.3 is 0 Å². The summed E-state index contributed by atoms with van der Waals surface area (Å²) < 4.78 is 0. The number of carbonyl (C=O) groups excluding carboxylic acids is 1. The van der Waals surface area contributed by atoms with Crippen LogP contribution in [0.1, 0.15) is 68.3 Å². The number of unbranched alkanes of at least 4 members (excludes halogenated alkanes) is 3. The number of ketones is 1. The van der Waals surface area contributed by atoms with Crippen LogP contribution in [0.2, 0.25) is 0 Å². The lowest BCUT2D eigenvalue weighted by Crippen LogP contribution is -2.00. The normalized spacial score (nSPS) is 10.6. The number of phenols is 2. The van der Waals surface area contributed by atoms with Gasteiger partial charge in [-0.15, -0.1) is 0 Å². The number of aromatic hydroxyl groups is 2. The number of hydrogen-bond donors (Lipinski definition) is 2. The molecule has 0 unspecified atom stereocenters. The van der Waals surface area contributed by atoms with Crippen molar-refractivity contribution in [3.05, 3.63) is 23.3 Å². The first-order valence-electron chi connectivity index (χ1n) is 7.18. The molecular formula is C16H24O3. The number of aryl methyl sites for hydroxylation is 1. The van der Waals surface area contributed by atoms with E-state index in [2.05, 4.69) is 6.92 Å². The van der Waals surface area contributed by atoms with E-state index in [-0.39, 0.29) is 22.8 Å². The van der Waals surface area contributed by atoms with Crippen molar-refractivity contribution in [2.24, 2.45) is 0 Å². The predicted octanol–water partition coefficient (Wildman–Crippen LogP) is 4.20. The average molecular weight is 264 g/mol. The molecule has 0 aliphatic heterocycles. The first-order chi connectivity index (χ1) is 9.10. The number of Topliss-reactive ketones (excluding diaryl/α,β-unsaturated/α-hetero) is 1. The van der Waals surface area contributed by atoms with Crippen LogP contribution >= 0.6 is 0 Å². The van der Waals surface area contributed by atoms with E-state index in [4.69, 9.17) is 0 Å². The molecule has 0 heterocycles. The van der Waals surface area contributed by atoms with E-state index in [1.165, 1.54) is 12.1 Å². The Kier molecular flexibility index (Phi) is 6.40. The molecule has 1 aromatic rings. The lowest BCUT2D eigenvalue weighted by atomic mass is 9.99. The lowest BCUT2D eigenvalue weighted by molar-refractivity contribution is 0.0976. The van der Waals surface area contributed by atoms with Gasteiger partial charge in [-0.05, 0) is 37.0 Å². The fourth-order valence-corrected chi connectivity index (χ4v) is 2.08. The summed E-state index contributed by atoms with van der Waals surface area (Å²) in [4.78, 5) is 11.9. The molecule has 3 nitrogen and oxygen atoms in total. The van der Waals surface area contributed by atoms with Crippen LogP contribution in [0.5, 0.6) is 11.5 Å². The van der Waals surface area contributed by atoms with Gasteiger partial charge in [0.2, 0.25) is 0 Å². The fraction of sp³-hybridized carbons (Fsp3) is 0.562. The quantitative estimate of drug-likeness (QED) is 0.420. The third-order valence-corrected chi connectivity index (χ3v) is 3.30. The third-order valence-electron chi connectivity index (χ3n) is 3.30. The summed E-state index contributed by atoms with van der Waals surface area (Å²) in [6, 6.07) is 2.94. The van der Waals surface area contributed by atoms with E-state index in [1.807, 2.05) is 6.92 Å². The summed E-state index contributed by atoms with van der Waals surface area (Å²) in [5.41, 5.74) is 0.961. The second-order valence-corrected chi connectivity index (χ2v) is 4.98. The first-order valence-corrected chi connectivity index (χ1v) is 7.18. The molecule has 1 rings (SSSR count). The van der Waals surface area contributed by atoms with Crippen molar-refractivity contribution < 1.29 is 15.0 Å². The summed E-state index contributed by atoms with van der Waals surface area (Å²) in [5, 5.41) is 19.8. The predicted molar refractivity (Wildman–Crippen MR) is 76.9 cm³/mol. The highest BCUT2D eigenvalue weighted by Gasteiger charge is 2.14. The second-order valence-electron chi connectivity index (χ2n) is 4.98. The highest BCUT2D eigenvalue weighted by atomic mass is 16.3. The molecule has 2 N–H and O–H groups in total. The summed E-state index contributed by atoms with van der Waals surface area (Å²) >= 11 is 0. The maximum Gasteiger partial charge on any atom is 0.166 e. The SMILES string of the molecule is CCCCCc1cc(O)c(C(=O)CCCC)cc1O. The Bertz CT molecular complexity index is 424. The standard InChI is InChI=1S/C16H24O3/c1-3-5-7-8-12-10-16(19)13(11-15(12)18)14(17)9-6-4-2/h10-11,18-19H,3-9H2,1-2H3. The first kappa shape index (κ1) is 15.5. The Morgan fingerprint density at radius 1 is 1.00 bits per heavy atom. The molecule has 0 saturated carbocycles. The van der Waals surface area contributed by atoms with Gasteiger partial charge in [-0.1, -0.05) is 33.1 Å². The molecule has 0 spiro atoms. The lowest BCUT2D eigenvalue weighted by Gasteiger charge is -2.09. The maximum atomic E-state index is 11.9. The molecule has 19 heavy (non-hydrogen) atoms. The van der Waals surface area contributed by atoms with Gasteiger partial charge in [-0.3, -0.25) is 4.79 Å². The molecule has 0 radical (unpaired) electrons. The van der Waals surface area contributed by atoms with Crippen molar-refractivity contribution in [1.82, 2.24) is 0 Å². The monoisotopic (exact) mass is 264 g/mol. The Morgan fingerprint density at radius 3 is 2.32 bits per heavy atom. The number of benzene rings is 1. The van der Waals surface area contributed by atoms with E-state index in [0.717, 1.165) is 44.1 Å². The topological polar surface area (TPSA) is 57.5 Å². The molecular weight excluding hydrogens is 240 g/mol. The molecule has 0 aliphatic rings. The van der Waals surface area contributed by atoms with E-state index < -0.39 is 0 Å². The van der Waals surface area contributed by atoms with Crippen LogP contribution in [0, 0.1) is 0 Å². The third kappa shape index (κ3) is 4.58. The zero-order valence-corrected chi connectivity index (χ0v) is 11.9. The molecule has 0 saturated heterocycles. The van der Waals surface area contributed by atoms with E-state index >= 15 is 0 Å². The van der Waals surface area contributed by atoms with Gasteiger partial charge in [0.25, 0.3) is 0 Å². The Hall–Kier alpha value is -1.51. The second kappa shape index (κ2) is 7.82. The average Bonchev–Trinajstić information content (AvgIpc) is 2.39. The minimum Gasteiger partial charge on any atom is -0.508 e. The van der Waals surface area contributed by atoms with Crippen molar-refractivity contribution in [3.8, 4) is 11.5 Å². The van der Waals surface area contributed by atoms with Crippen LogP contribution in [0.15, 0.2) is 12.1 Å². The van der Waals surface area contributed by atoms with Gasteiger partial charge in [0, 0.05) is 6.42 Å². The summed E-state index contributed by atoms with van der Waals surface area (Å²) in [6.07, 6.45) is 6.07. The number of carbonyl (C=O) groups is 1. The zero-order valence-electron chi connectivity index (χ0n) is 11.9. The highest BCUT2D eigenvalue weighted by molar-refractivity contribution is 5.99. The van der Waals surface area contributed by atoms with Gasteiger partial charge in [-0.25, -0.2) is 0 Å². The highest BCUT2D eigenvalue weighted by Crippen LogP contribution is 2.29. The Morgan fingerprint density at radius 2 is 1.68 bits per heavy atom. The molecule has 0 atom stereocenters. The van der Waals surface area contributed by atoms with Crippen molar-refractivity contribution in [3.63, 3.8) is 0 Å². The van der Waals surface area contributed by atoms with Gasteiger partial charge in [0.05, 0.1) is 5.56 Å². The zero-order chi connectivity index (χ0) is 14.3.